The van der Waals surface area contributed by atoms with Crippen molar-refractivity contribution in [1.82, 2.24) is 0 Å². The van der Waals surface area contributed by atoms with Gasteiger partial charge in [-0.15, -0.1) is 12.3 Å². The van der Waals surface area contributed by atoms with Gasteiger partial charge in [0.15, 0.2) is 0 Å². The van der Waals surface area contributed by atoms with Gasteiger partial charge in [-0.05, 0) is 43.0 Å². The molecular weight excluding hydrogens is 206 g/mol. The maximum atomic E-state index is 6.08. The molecule has 0 aromatic heterocycles. The zero-order chi connectivity index (χ0) is 11.3. The zero-order valence-corrected chi connectivity index (χ0v) is 9.72. The van der Waals surface area contributed by atoms with Crippen LogP contribution in [-0.4, -0.2) is 0 Å². The minimum Gasteiger partial charge on any atom is -0.324 e. The molecule has 1 aromatic carbocycles. The van der Waals surface area contributed by atoms with Crippen LogP contribution < -0.4 is 5.73 Å². The Bertz CT molecular complexity index is 365. The third-order valence-corrected chi connectivity index (χ3v) is 2.71. The Balaban J connectivity index is 2.69. The minimum absolute atomic E-state index is 0.0389. The number of nitrogens with two attached hydrogens (primary N) is 1. The normalized spacial score (nSPS) is 12.1. The fourth-order valence-electron chi connectivity index (χ4n) is 1.59. The van der Waals surface area contributed by atoms with Crippen LogP contribution in [0.2, 0.25) is 5.02 Å². The highest BCUT2D eigenvalue weighted by Gasteiger charge is 2.08. The highest BCUT2D eigenvalue weighted by Crippen LogP contribution is 2.23. The van der Waals surface area contributed by atoms with E-state index < -0.39 is 0 Å². The van der Waals surface area contributed by atoms with Crippen LogP contribution in [0.4, 0.5) is 0 Å². The van der Waals surface area contributed by atoms with Crippen LogP contribution in [-0.2, 0) is 0 Å². The molecule has 1 aromatic rings. The summed E-state index contributed by atoms with van der Waals surface area (Å²) in [5.74, 6) is 2.62. The Morgan fingerprint density at radius 2 is 2.27 bits per heavy atom. The lowest BCUT2D eigenvalue weighted by Crippen LogP contribution is -2.11. The number of hydrogen-bond donors (Lipinski definition) is 1. The zero-order valence-electron chi connectivity index (χ0n) is 8.96. The maximum Gasteiger partial charge on any atom is 0.0409 e. The minimum atomic E-state index is 0.0389. The van der Waals surface area contributed by atoms with Crippen LogP contribution in [0.15, 0.2) is 18.2 Å². The number of terminal acetylenes is 1. The molecule has 2 N–H and O–H groups in total. The van der Waals surface area contributed by atoms with Crippen LogP contribution in [0.3, 0.4) is 0 Å². The summed E-state index contributed by atoms with van der Waals surface area (Å²) in [5.41, 5.74) is 8.39. The van der Waals surface area contributed by atoms with E-state index in [4.69, 9.17) is 23.8 Å². The lowest BCUT2D eigenvalue weighted by atomic mass is 9.98. The predicted octanol–water partition coefficient (Wildman–Crippen LogP) is 3.45. The standard InChI is InChI=1S/C13H16ClN/c1-3-4-5-6-13(15)12-9-11(14)8-7-10(12)2/h1,7-9,13H,4-6,15H2,2H3. The second kappa shape index (κ2) is 5.80. The molecule has 15 heavy (non-hydrogen) atoms. The number of rotatable bonds is 4. The molecule has 2 heteroatoms. The second-order valence-corrected chi connectivity index (χ2v) is 4.14. The summed E-state index contributed by atoms with van der Waals surface area (Å²) < 4.78 is 0. The highest BCUT2D eigenvalue weighted by atomic mass is 35.5. The highest BCUT2D eigenvalue weighted by molar-refractivity contribution is 6.30. The average Bonchev–Trinajstić information content (AvgIpc) is 2.22. The molecule has 0 fully saturated rings. The largest absolute Gasteiger partial charge is 0.324 e. The monoisotopic (exact) mass is 221 g/mol. The summed E-state index contributed by atoms with van der Waals surface area (Å²) in [6.45, 7) is 2.05. The molecule has 0 radical (unpaired) electrons. The molecule has 1 atom stereocenters. The van der Waals surface area contributed by atoms with Gasteiger partial charge in [0.25, 0.3) is 0 Å². The Morgan fingerprint density at radius 3 is 2.93 bits per heavy atom. The van der Waals surface area contributed by atoms with E-state index in [1.54, 1.807) is 0 Å². The molecule has 0 saturated carbocycles. The van der Waals surface area contributed by atoms with Crippen molar-refractivity contribution in [3.63, 3.8) is 0 Å². The van der Waals surface area contributed by atoms with Crippen molar-refractivity contribution in [2.75, 3.05) is 0 Å². The first-order valence-corrected chi connectivity index (χ1v) is 5.48. The molecule has 0 amide bonds. The molecule has 0 aliphatic carbocycles. The molecular formula is C13H16ClN. The van der Waals surface area contributed by atoms with Crippen molar-refractivity contribution in [3.8, 4) is 12.3 Å². The summed E-state index contributed by atoms with van der Waals surface area (Å²) in [7, 11) is 0. The molecule has 0 aliphatic heterocycles. The number of unbranched alkanes of at least 4 members (excludes halogenated alkanes) is 1. The topological polar surface area (TPSA) is 26.0 Å². The Hall–Kier alpha value is -0.970. The fraction of sp³-hybridized carbons (Fsp3) is 0.385. The summed E-state index contributed by atoms with van der Waals surface area (Å²) in [6, 6.07) is 5.86. The van der Waals surface area contributed by atoms with Gasteiger partial charge < -0.3 is 5.73 Å². The van der Waals surface area contributed by atoms with E-state index in [0.717, 1.165) is 29.8 Å². The van der Waals surface area contributed by atoms with Crippen LogP contribution in [0.1, 0.15) is 36.4 Å². The van der Waals surface area contributed by atoms with E-state index in [2.05, 4.69) is 5.92 Å². The number of hydrogen-bond acceptors (Lipinski definition) is 1. The average molecular weight is 222 g/mol. The van der Waals surface area contributed by atoms with Crippen molar-refractivity contribution in [3.05, 3.63) is 34.3 Å². The third kappa shape index (κ3) is 3.58. The Morgan fingerprint density at radius 1 is 1.53 bits per heavy atom. The molecule has 1 rings (SSSR count). The number of aryl methyl sites for hydroxylation is 1. The molecule has 0 aliphatic rings. The van der Waals surface area contributed by atoms with Gasteiger partial charge in [0.2, 0.25) is 0 Å². The summed E-state index contributed by atoms with van der Waals surface area (Å²) in [5, 5.41) is 0.739. The van der Waals surface area contributed by atoms with Gasteiger partial charge in [0.1, 0.15) is 0 Å². The van der Waals surface area contributed by atoms with Gasteiger partial charge >= 0.3 is 0 Å². The molecule has 0 bridgehead atoms. The molecule has 0 heterocycles. The lowest BCUT2D eigenvalue weighted by molar-refractivity contribution is 0.618. The van der Waals surface area contributed by atoms with Crippen LogP contribution in [0.5, 0.6) is 0 Å². The van der Waals surface area contributed by atoms with Crippen LogP contribution in [0.25, 0.3) is 0 Å². The van der Waals surface area contributed by atoms with Gasteiger partial charge in [-0.1, -0.05) is 17.7 Å². The van der Waals surface area contributed by atoms with Crippen LogP contribution >= 0.6 is 11.6 Å². The van der Waals surface area contributed by atoms with Gasteiger partial charge in [-0.3, -0.25) is 0 Å². The SMILES string of the molecule is C#CCCCC(N)c1cc(Cl)ccc1C. The van der Waals surface area contributed by atoms with E-state index >= 15 is 0 Å². The van der Waals surface area contributed by atoms with Gasteiger partial charge in [-0.25, -0.2) is 0 Å². The van der Waals surface area contributed by atoms with Gasteiger partial charge in [0.05, 0.1) is 0 Å². The Labute approximate surface area is 96.6 Å². The van der Waals surface area contributed by atoms with Crippen molar-refractivity contribution in [1.29, 1.82) is 0 Å². The van der Waals surface area contributed by atoms with Crippen molar-refractivity contribution < 1.29 is 0 Å². The molecule has 80 valence electrons. The van der Waals surface area contributed by atoms with E-state index in [9.17, 15) is 0 Å². The first-order chi connectivity index (χ1) is 7.15. The smallest absolute Gasteiger partial charge is 0.0409 e. The van der Waals surface area contributed by atoms with Crippen molar-refractivity contribution in [2.24, 2.45) is 5.73 Å². The number of benzene rings is 1. The van der Waals surface area contributed by atoms with Gasteiger partial charge in [-0.2, -0.15) is 0 Å². The summed E-state index contributed by atoms with van der Waals surface area (Å²) in [6.07, 6.45) is 7.85. The Kier molecular flexibility index (Phi) is 4.68. The lowest BCUT2D eigenvalue weighted by Gasteiger charge is -2.14. The third-order valence-electron chi connectivity index (χ3n) is 2.48. The summed E-state index contributed by atoms with van der Waals surface area (Å²) >= 11 is 5.93. The van der Waals surface area contributed by atoms with E-state index in [0.29, 0.717) is 0 Å². The van der Waals surface area contributed by atoms with E-state index in [1.165, 1.54) is 5.56 Å². The molecule has 1 unspecified atom stereocenters. The van der Waals surface area contributed by atoms with Crippen molar-refractivity contribution in [2.45, 2.75) is 32.2 Å². The van der Waals surface area contributed by atoms with Crippen LogP contribution in [0, 0.1) is 19.3 Å². The quantitative estimate of drug-likeness (QED) is 0.612. The number of halogens is 1. The summed E-state index contributed by atoms with van der Waals surface area (Å²) in [4.78, 5) is 0. The predicted molar refractivity (Wildman–Crippen MR) is 65.8 cm³/mol. The first-order valence-electron chi connectivity index (χ1n) is 5.10. The van der Waals surface area contributed by atoms with Crippen molar-refractivity contribution >= 4 is 11.6 Å². The van der Waals surface area contributed by atoms with E-state index in [1.807, 2.05) is 25.1 Å². The van der Waals surface area contributed by atoms with Gasteiger partial charge in [0, 0.05) is 17.5 Å². The maximum absolute atomic E-state index is 6.08. The molecule has 1 nitrogen and oxygen atoms in total. The fourth-order valence-corrected chi connectivity index (χ4v) is 1.77. The molecule has 0 spiro atoms. The van der Waals surface area contributed by atoms with E-state index in [-0.39, 0.29) is 6.04 Å². The second-order valence-electron chi connectivity index (χ2n) is 3.70. The molecule has 0 saturated heterocycles. The first kappa shape index (κ1) is 12.1.